The molecule has 2 heterocycles. The predicted octanol–water partition coefficient (Wildman–Crippen LogP) is 0.885. The van der Waals surface area contributed by atoms with Crippen LogP contribution in [-0.2, 0) is 14.3 Å². The molecule has 0 aromatic heterocycles. The van der Waals surface area contributed by atoms with E-state index < -0.39 is 41.6 Å². The van der Waals surface area contributed by atoms with Gasteiger partial charge in [-0.3, -0.25) is 4.79 Å². The first-order valence-corrected chi connectivity index (χ1v) is 8.95. The number of aliphatic hydroxyl groups excluding tert-OH is 2. The van der Waals surface area contributed by atoms with Crippen LogP contribution in [0.3, 0.4) is 0 Å². The molecule has 1 aliphatic carbocycles. The normalized spacial score (nSPS) is 39.9. The van der Waals surface area contributed by atoms with Crippen molar-refractivity contribution in [2.24, 2.45) is 11.8 Å². The smallest absolute Gasteiger partial charge is 0.339 e. The highest BCUT2D eigenvalue weighted by Crippen LogP contribution is 2.54. The van der Waals surface area contributed by atoms with Gasteiger partial charge in [-0.05, 0) is 39.5 Å². The largest absolute Gasteiger partial charge is 0.451 e. The van der Waals surface area contributed by atoms with Gasteiger partial charge in [-0.2, -0.15) is 0 Å². The van der Waals surface area contributed by atoms with Crippen molar-refractivity contribution in [3.8, 4) is 0 Å². The molecule has 134 valence electrons. The third-order valence-electron chi connectivity index (χ3n) is 6.22. The number of hydrogen-bond acceptors (Lipinski definition) is 5. The highest BCUT2D eigenvalue weighted by atomic mass is 35.5. The van der Waals surface area contributed by atoms with E-state index in [1.807, 2.05) is 13.8 Å². The molecule has 0 spiro atoms. The fraction of sp³-hybridized carbons (Fsp3) is 0.765. The Morgan fingerprint density at radius 1 is 1.42 bits per heavy atom. The SMILES string of the molecule is CC1=C(C)[C@@H]([C@H](O)[C@@]23NC(=O)[C@H](CCCl)[C@]2(CO)OC3=O)CCC1. The Labute approximate surface area is 146 Å². The Hall–Kier alpha value is -1.11. The number of carbonyl (C=O) groups excluding carboxylic acids is 2. The lowest BCUT2D eigenvalue weighted by Gasteiger charge is -2.55. The molecule has 24 heavy (non-hydrogen) atoms. The van der Waals surface area contributed by atoms with E-state index in [0.717, 1.165) is 24.8 Å². The summed E-state index contributed by atoms with van der Waals surface area (Å²) in [7, 11) is 0. The molecule has 2 aliphatic heterocycles. The van der Waals surface area contributed by atoms with Crippen LogP contribution in [0.4, 0.5) is 0 Å². The number of hydrogen-bond donors (Lipinski definition) is 3. The number of halogens is 1. The number of allylic oxidation sites excluding steroid dienone is 1. The van der Waals surface area contributed by atoms with Crippen LogP contribution in [0.15, 0.2) is 11.1 Å². The summed E-state index contributed by atoms with van der Waals surface area (Å²) in [5, 5.41) is 23.8. The number of aliphatic hydroxyl groups is 2. The number of amides is 1. The molecule has 0 aromatic rings. The van der Waals surface area contributed by atoms with Crippen molar-refractivity contribution in [1.82, 2.24) is 5.32 Å². The molecule has 6 nitrogen and oxygen atoms in total. The predicted molar refractivity (Wildman–Crippen MR) is 87.3 cm³/mol. The number of alkyl halides is 1. The molecule has 3 rings (SSSR count). The summed E-state index contributed by atoms with van der Waals surface area (Å²) in [5.74, 6) is -1.87. The minimum atomic E-state index is -1.58. The third-order valence-corrected chi connectivity index (χ3v) is 6.44. The van der Waals surface area contributed by atoms with E-state index in [9.17, 15) is 19.8 Å². The van der Waals surface area contributed by atoms with E-state index >= 15 is 0 Å². The van der Waals surface area contributed by atoms with Crippen LogP contribution >= 0.6 is 11.6 Å². The van der Waals surface area contributed by atoms with Crippen LogP contribution in [0.5, 0.6) is 0 Å². The van der Waals surface area contributed by atoms with Crippen LogP contribution in [0.25, 0.3) is 0 Å². The van der Waals surface area contributed by atoms with Gasteiger partial charge in [0, 0.05) is 11.8 Å². The van der Waals surface area contributed by atoms with Crippen LogP contribution in [0.1, 0.15) is 39.5 Å². The Kier molecular flexibility index (Phi) is 4.43. The highest BCUT2D eigenvalue weighted by molar-refractivity contribution is 6.18. The number of ether oxygens (including phenoxy) is 1. The molecule has 3 N–H and O–H groups in total. The molecule has 2 fully saturated rings. The first kappa shape index (κ1) is 17.7. The molecule has 5 atom stereocenters. The zero-order valence-electron chi connectivity index (χ0n) is 14.0. The molecule has 1 amide bonds. The topological polar surface area (TPSA) is 95.9 Å². The number of esters is 1. The monoisotopic (exact) mass is 357 g/mol. The van der Waals surface area contributed by atoms with Crippen molar-refractivity contribution in [2.75, 3.05) is 12.5 Å². The second-order valence-electron chi connectivity index (χ2n) is 7.17. The zero-order chi connectivity index (χ0) is 17.7. The summed E-state index contributed by atoms with van der Waals surface area (Å²) in [5.41, 5.74) is -0.768. The summed E-state index contributed by atoms with van der Waals surface area (Å²) in [6.45, 7) is 3.45. The molecule has 7 heteroatoms. The van der Waals surface area contributed by atoms with Crippen LogP contribution in [0.2, 0.25) is 0 Å². The van der Waals surface area contributed by atoms with Crippen molar-refractivity contribution in [2.45, 2.75) is 56.8 Å². The van der Waals surface area contributed by atoms with E-state index in [2.05, 4.69) is 5.32 Å². The number of nitrogens with one attached hydrogen (secondary N) is 1. The standard InChI is InChI=1S/C17H24ClNO5/c1-9-4-3-5-11(10(9)2)13(21)17-15(23)24-16(17,8-20)12(6-7-18)14(22)19-17/h11-13,20-21H,3-8H2,1-2H3,(H,19,22)/t11-,12-,13-,16-,17-/m0/s1. The fourth-order valence-corrected chi connectivity index (χ4v) is 4.87. The van der Waals surface area contributed by atoms with E-state index in [0.29, 0.717) is 0 Å². The first-order valence-electron chi connectivity index (χ1n) is 8.42. The molecule has 2 saturated heterocycles. The lowest BCUT2D eigenvalue weighted by Crippen LogP contribution is -2.82. The summed E-state index contributed by atoms with van der Waals surface area (Å²) >= 11 is 5.78. The van der Waals surface area contributed by atoms with E-state index in [1.54, 1.807) is 0 Å². The lowest BCUT2D eigenvalue weighted by molar-refractivity contribution is -0.252. The van der Waals surface area contributed by atoms with Crippen molar-refractivity contribution in [3.05, 3.63) is 11.1 Å². The van der Waals surface area contributed by atoms with Gasteiger partial charge in [0.1, 0.15) is 0 Å². The third kappa shape index (κ3) is 2.02. The molecular weight excluding hydrogens is 334 g/mol. The number of carbonyl (C=O) groups is 2. The van der Waals surface area contributed by atoms with E-state index in [-0.39, 0.29) is 18.2 Å². The van der Waals surface area contributed by atoms with Gasteiger partial charge in [-0.25, -0.2) is 4.79 Å². The lowest BCUT2D eigenvalue weighted by atomic mass is 9.62. The van der Waals surface area contributed by atoms with Gasteiger partial charge in [0.15, 0.2) is 5.60 Å². The molecule has 3 aliphatic rings. The van der Waals surface area contributed by atoms with Gasteiger partial charge in [0.25, 0.3) is 0 Å². The summed E-state index contributed by atoms with van der Waals surface area (Å²) in [6.07, 6.45) is 1.76. The second-order valence-corrected chi connectivity index (χ2v) is 7.55. The Morgan fingerprint density at radius 2 is 2.12 bits per heavy atom. The molecule has 0 bridgehead atoms. The first-order chi connectivity index (χ1) is 11.4. The minimum absolute atomic E-state index is 0.199. The van der Waals surface area contributed by atoms with Crippen molar-refractivity contribution in [3.63, 3.8) is 0 Å². The average molecular weight is 358 g/mol. The maximum atomic E-state index is 12.4. The highest BCUT2D eigenvalue weighted by Gasteiger charge is 2.81. The van der Waals surface area contributed by atoms with Gasteiger partial charge in [0.2, 0.25) is 11.4 Å². The molecule has 0 radical (unpaired) electrons. The number of fused-ring (bicyclic) bond motifs is 1. The van der Waals surface area contributed by atoms with Gasteiger partial charge < -0.3 is 20.3 Å². The van der Waals surface area contributed by atoms with E-state index in [4.69, 9.17) is 16.3 Å². The maximum Gasteiger partial charge on any atom is 0.339 e. The Balaban J connectivity index is 2.02. The molecule has 0 saturated carbocycles. The minimum Gasteiger partial charge on any atom is -0.451 e. The van der Waals surface area contributed by atoms with Crippen LogP contribution in [-0.4, -0.2) is 51.8 Å². The van der Waals surface area contributed by atoms with Crippen molar-refractivity contribution >= 4 is 23.5 Å². The van der Waals surface area contributed by atoms with Crippen LogP contribution < -0.4 is 5.32 Å². The van der Waals surface area contributed by atoms with Gasteiger partial charge in [-0.1, -0.05) is 11.1 Å². The Bertz CT molecular complexity index is 606. The molecule has 0 unspecified atom stereocenters. The maximum absolute atomic E-state index is 12.4. The Morgan fingerprint density at radius 3 is 2.71 bits per heavy atom. The summed E-state index contributed by atoms with van der Waals surface area (Å²) in [4.78, 5) is 24.8. The summed E-state index contributed by atoms with van der Waals surface area (Å²) < 4.78 is 5.31. The van der Waals surface area contributed by atoms with Crippen molar-refractivity contribution in [1.29, 1.82) is 0 Å². The van der Waals surface area contributed by atoms with Gasteiger partial charge in [0.05, 0.1) is 18.6 Å². The van der Waals surface area contributed by atoms with Gasteiger partial charge >= 0.3 is 5.97 Å². The summed E-state index contributed by atoms with van der Waals surface area (Å²) in [6, 6.07) is 0. The average Bonchev–Trinajstić information content (AvgIpc) is 2.75. The van der Waals surface area contributed by atoms with Crippen LogP contribution in [0, 0.1) is 11.8 Å². The van der Waals surface area contributed by atoms with Gasteiger partial charge in [-0.15, -0.1) is 11.6 Å². The van der Waals surface area contributed by atoms with Crippen molar-refractivity contribution < 1.29 is 24.5 Å². The molecular formula is C17H24ClNO5. The van der Waals surface area contributed by atoms with E-state index in [1.165, 1.54) is 5.57 Å². The molecule has 0 aromatic carbocycles. The quantitative estimate of drug-likeness (QED) is 0.386. The second kappa shape index (κ2) is 6.00. The number of rotatable bonds is 5. The fourth-order valence-electron chi connectivity index (χ4n) is 4.65. The zero-order valence-corrected chi connectivity index (χ0v) is 14.7.